The predicted octanol–water partition coefficient (Wildman–Crippen LogP) is 4.54. The summed E-state index contributed by atoms with van der Waals surface area (Å²) in [6.45, 7) is 7.63. The molecule has 1 N–H and O–H groups in total. The van der Waals surface area contributed by atoms with E-state index in [0.29, 0.717) is 22.0 Å². The molecule has 0 fully saturated rings. The van der Waals surface area contributed by atoms with Crippen molar-refractivity contribution in [2.24, 2.45) is 5.92 Å². The Morgan fingerprint density at radius 3 is 2.57 bits per heavy atom. The number of rotatable bonds is 6. The molecule has 160 valence electrons. The molecule has 1 amide bonds. The number of amides is 1. The zero-order chi connectivity index (χ0) is 21.8. The Morgan fingerprint density at radius 1 is 1.20 bits per heavy atom. The van der Waals surface area contributed by atoms with E-state index >= 15 is 0 Å². The fourth-order valence-corrected chi connectivity index (χ4v) is 4.85. The summed E-state index contributed by atoms with van der Waals surface area (Å²) in [5, 5.41) is 3.26. The summed E-state index contributed by atoms with van der Waals surface area (Å²) in [5.74, 6) is -0.941. The van der Waals surface area contributed by atoms with Gasteiger partial charge in [-0.15, -0.1) is 11.3 Å². The van der Waals surface area contributed by atoms with Gasteiger partial charge in [-0.3, -0.25) is 4.79 Å². The lowest BCUT2D eigenvalue weighted by molar-refractivity contribution is -0.123. The molecule has 0 bridgehead atoms. The highest BCUT2D eigenvalue weighted by molar-refractivity contribution is 7.17. The van der Waals surface area contributed by atoms with Gasteiger partial charge in [0, 0.05) is 4.88 Å². The quantitative estimate of drug-likeness (QED) is 0.682. The van der Waals surface area contributed by atoms with E-state index in [2.05, 4.69) is 12.2 Å². The number of ether oxygens (including phenoxy) is 2. The number of esters is 2. The Bertz CT molecular complexity index is 947. The van der Waals surface area contributed by atoms with Crippen LogP contribution in [0, 0.1) is 12.8 Å². The standard InChI is InChI=1S/C23H27NO5S/c1-5-28-23(27)19-17-11-8-14(3)12-18(17)30-21(19)24-20(25)15(4)29-22(26)16-9-6-13(2)7-10-16/h6-7,9-10,14-15H,5,8,11-12H2,1-4H3,(H,24,25)/t14-,15+/m1/s1. The third-order valence-corrected chi connectivity index (χ3v) is 6.34. The molecule has 2 aromatic rings. The molecule has 6 nitrogen and oxygen atoms in total. The van der Waals surface area contributed by atoms with Crippen LogP contribution < -0.4 is 5.32 Å². The van der Waals surface area contributed by atoms with Crippen molar-refractivity contribution in [3.63, 3.8) is 0 Å². The van der Waals surface area contributed by atoms with Crippen molar-refractivity contribution in [3.8, 4) is 0 Å². The van der Waals surface area contributed by atoms with Gasteiger partial charge in [0.2, 0.25) is 0 Å². The Labute approximate surface area is 180 Å². The van der Waals surface area contributed by atoms with Crippen LogP contribution in [0.15, 0.2) is 24.3 Å². The summed E-state index contributed by atoms with van der Waals surface area (Å²) in [6, 6.07) is 6.94. The van der Waals surface area contributed by atoms with Crippen LogP contribution in [0.4, 0.5) is 5.00 Å². The molecule has 3 rings (SSSR count). The highest BCUT2D eigenvalue weighted by Crippen LogP contribution is 2.40. The number of anilines is 1. The van der Waals surface area contributed by atoms with Gasteiger partial charge in [0.1, 0.15) is 5.00 Å². The van der Waals surface area contributed by atoms with Gasteiger partial charge in [-0.25, -0.2) is 9.59 Å². The van der Waals surface area contributed by atoms with Crippen molar-refractivity contribution >= 4 is 34.2 Å². The van der Waals surface area contributed by atoms with E-state index in [1.165, 1.54) is 18.3 Å². The highest BCUT2D eigenvalue weighted by Gasteiger charge is 2.30. The molecule has 30 heavy (non-hydrogen) atoms. The number of aryl methyl sites for hydroxylation is 1. The van der Waals surface area contributed by atoms with Gasteiger partial charge in [-0.05, 0) is 63.6 Å². The second-order valence-corrected chi connectivity index (χ2v) is 8.78. The highest BCUT2D eigenvalue weighted by atomic mass is 32.1. The molecule has 1 aromatic carbocycles. The van der Waals surface area contributed by atoms with Crippen molar-refractivity contribution in [1.29, 1.82) is 0 Å². The first-order valence-electron chi connectivity index (χ1n) is 10.2. The van der Waals surface area contributed by atoms with E-state index in [1.807, 2.05) is 19.1 Å². The summed E-state index contributed by atoms with van der Waals surface area (Å²) in [5.41, 5.74) is 2.82. The van der Waals surface area contributed by atoms with Gasteiger partial charge in [-0.1, -0.05) is 24.6 Å². The molecule has 1 aliphatic carbocycles. The van der Waals surface area contributed by atoms with Crippen LogP contribution in [0.3, 0.4) is 0 Å². The Morgan fingerprint density at radius 2 is 1.90 bits per heavy atom. The van der Waals surface area contributed by atoms with Crippen molar-refractivity contribution in [3.05, 3.63) is 51.4 Å². The molecular weight excluding hydrogens is 402 g/mol. The first kappa shape index (κ1) is 22.0. The summed E-state index contributed by atoms with van der Waals surface area (Å²) in [7, 11) is 0. The first-order chi connectivity index (χ1) is 14.3. The number of hydrogen-bond donors (Lipinski definition) is 1. The minimum atomic E-state index is -1.01. The van der Waals surface area contributed by atoms with E-state index in [-0.39, 0.29) is 6.61 Å². The zero-order valence-electron chi connectivity index (χ0n) is 17.7. The Kier molecular flexibility index (Phi) is 6.92. The maximum Gasteiger partial charge on any atom is 0.341 e. The van der Waals surface area contributed by atoms with Crippen molar-refractivity contribution in [1.82, 2.24) is 0 Å². The molecule has 0 saturated carbocycles. The molecule has 7 heteroatoms. The van der Waals surface area contributed by atoms with Gasteiger partial charge >= 0.3 is 11.9 Å². The largest absolute Gasteiger partial charge is 0.462 e. The van der Waals surface area contributed by atoms with E-state index in [9.17, 15) is 14.4 Å². The lowest BCUT2D eigenvalue weighted by Gasteiger charge is -2.18. The smallest absolute Gasteiger partial charge is 0.341 e. The lowest BCUT2D eigenvalue weighted by atomic mass is 9.88. The molecule has 0 spiro atoms. The monoisotopic (exact) mass is 429 g/mol. The topological polar surface area (TPSA) is 81.7 Å². The SMILES string of the molecule is CCOC(=O)c1c(NC(=O)[C@H](C)OC(=O)c2ccc(C)cc2)sc2c1CC[C@@H](C)C2. The number of carbonyl (C=O) groups is 3. The maximum atomic E-state index is 12.7. The number of carbonyl (C=O) groups excluding carboxylic acids is 3. The molecule has 1 aliphatic rings. The van der Waals surface area contributed by atoms with Crippen molar-refractivity contribution in [2.45, 2.75) is 53.1 Å². The average molecular weight is 430 g/mol. The average Bonchev–Trinajstić information content (AvgIpc) is 3.05. The number of fused-ring (bicyclic) bond motifs is 1. The van der Waals surface area contributed by atoms with Crippen LogP contribution in [-0.2, 0) is 27.1 Å². The van der Waals surface area contributed by atoms with E-state index in [0.717, 1.165) is 35.3 Å². The molecule has 1 heterocycles. The molecular formula is C23H27NO5S. The van der Waals surface area contributed by atoms with Crippen LogP contribution in [0.2, 0.25) is 0 Å². The summed E-state index contributed by atoms with van der Waals surface area (Å²) >= 11 is 1.41. The Hall–Kier alpha value is -2.67. The van der Waals surface area contributed by atoms with Crippen LogP contribution in [-0.4, -0.2) is 30.6 Å². The summed E-state index contributed by atoms with van der Waals surface area (Å²) in [4.78, 5) is 38.7. The predicted molar refractivity (Wildman–Crippen MR) is 116 cm³/mol. The van der Waals surface area contributed by atoms with E-state index < -0.39 is 23.9 Å². The zero-order valence-corrected chi connectivity index (χ0v) is 18.6. The van der Waals surface area contributed by atoms with Gasteiger partial charge in [0.15, 0.2) is 6.10 Å². The fraction of sp³-hybridized carbons (Fsp3) is 0.435. The number of nitrogens with one attached hydrogen (secondary N) is 1. The molecule has 1 aromatic heterocycles. The minimum absolute atomic E-state index is 0.262. The lowest BCUT2D eigenvalue weighted by Crippen LogP contribution is -2.30. The van der Waals surface area contributed by atoms with Crippen LogP contribution in [0.25, 0.3) is 0 Å². The Balaban J connectivity index is 1.75. The molecule has 0 saturated heterocycles. The second kappa shape index (κ2) is 9.43. The summed E-state index contributed by atoms with van der Waals surface area (Å²) in [6.07, 6.45) is 1.65. The van der Waals surface area contributed by atoms with Gasteiger partial charge in [-0.2, -0.15) is 0 Å². The van der Waals surface area contributed by atoms with Crippen LogP contribution in [0.5, 0.6) is 0 Å². The van der Waals surface area contributed by atoms with Crippen LogP contribution in [0.1, 0.15) is 63.9 Å². The molecule has 0 unspecified atom stereocenters. The fourth-order valence-electron chi connectivity index (χ4n) is 3.44. The van der Waals surface area contributed by atoms with Crippen molar-refractivity contribution in [2.75, 3.05) is 11.9 Å². The maximum absolute atomic E-state index is 12.7. The molecule has 0 radical (unpaired) electrons. The molecule has 2 atom stereocenters. The first-order valence-corrected chi connectivity index (χ1v) is 11.0. The number of thiophene rings is 1. The third-order valence-electron chi connectivity index (χ3n) is 5.17. The van der Waals surface area contributed by atoms with E-state index in [1.54, 1.807) is 19.1 Å². The third kappa shape index (κ3) is 4.90. The van der Waals surface area contributed by atoms with Gasteiger partial charge in [0.05, 0.1) is 17.7 Å². The van der Waals surface area contributed by atoms with Gasteiger partial charge < -0.3 is 14.8 Å². The minimum Gasteiger partial charge on any atom is -0.462 e. The number of benzene rings is 1. The molecule has 0 aliphatic heterocycles. The normalized spacial score (nSPS) is 16.3. The summed E-state index contributed by atoms with van der Waals surface area (Å²) < 4.78 is 10.5. The van der Waals surface area contributed by atoms with Gasteiger partial charge in [0.25, 0.3) is 5.91 Å². The van der Waals surface area contributed by atoms with Crippen molar-refractivity contribution < 1.29 is 23.9 Å². The second-order valence-electron chi connectivity index (χ2n) is 7.68. The van der Waals surface area contributed by atoms with Crippen LogP contribution >= 0.6 is 11.3 Å². The number of hydrogen-bond acceptors (Lipinski definition) is 6. The van der Waals surface area contributed by atoms with E-state index in [4.69, 9.17) is 9.47 Å².